The van der Waals surface area contributed by atoms with E-state index in [1.165, 1.54) is 0 Å². The summed E-state index contributed by atoms with van der Waals surface area (Å²) in [5, 5.41) is 0.592. The van der Waals surface area contributed by atoms with Gasteiger partial charge in [0.2, 0.25) is 0 Å². The van der Waals surface area contributed by atoms with Crippen molar-refractivity contribution in [2.24, 2.45) is 0 Å². The maximum Gasteiger partial charge on any atom is 0.261 e. The second kappa shape index (κ2) is 8.02. The van der Waals surface area contributed by atoms with Crippen LogP contribution in [-0.4, -0.2) is 22.0 Å². The van der Waals surface area contributed by atoms with E-state index in [-0.39, 0.29) is 11.5 Å². The molecule has 1 aliphatic rings. The molecule has 0 saturated carbocycles. The van der Waals surface area contributed by atoms with Gasteiger partial charge in [0.05, 0.1) is 22.2 Å². The number of carbonyl (C=O) groups excluding carboxylic acids is 1. The molecule has 3 aromatic rings. The van der Waals surface area contributed by atoms with Gasteiger partial charge in [-0.2, -0.15) is 0 Å². The molecule has 1 aromatic heterocycles. The summed E-state index contributed by atoms with van der Waals surface area (Å²) in [5.74, 6) is 0.443. The molecule has 0 atom stereocenters. The first-order chi connectivity index (χ1) is 13.9. The molecule has 4 rings (SSSR count). The van der Waals surface area contributed by atoms with Crippen molar-refractivity contribution in [2.45, 2.75) is 26.8 Å². The molecular formula is C22H19BrIN3O2. The average molecular weight is 564 g/mol. The highest BCUT2D eigenvalue weighted by atomic mass is 127. The van der Waals surface area contributed by atoms with Gasteiger partial charge in [-0.3, -0.25) is 14.2 Å². The Kier molecular flexibility index (Phi) is 5.61. The molecule has 0 unspecified atom stereocenters. The summed E-state index contributed by atoms with van der Waals surface area (Å²) in [6.45, 7) is 5.09. The van der Waals surface area contributed by atoms with Gasteiger partial charge in [0.25, 0.3) is 11.5 Å². The van der Waals surface area contributed by atoms with Crippen LogP contribution in [0.3, 0.4) is 0 Å². The Morgan fingerprint density at radius 2 is 1.93 bits per heavy atom. The first-order valence-corrected chi connectivity index (χ1v) is 11.3. The molecule has 0 aliphatic carbocycles. The van der Waals surface area contributed by atoms with Crippen molar-refractivity contribution in [1.29, 1.82) is 0 Å². The van der Waals surface area contributed by atoms with Crippen LogP contribution < -0.4 is 10.5 Å². The van der Waals surface area contributed by atoms with E-state index < -0.39 is 0 Å². The smallest absolute Gasteiger partial charge is 0.261 e. The molecule has 5 nitrogen and oxygen atoms in total. The lowest BCUT2D eigenvalue weighted by molar-refractivity contribution is -0.113. The zero-order valence-corrected chi connectivity index (χ0v) is 19.8. The number of anilines is 1. The molecule has 29 heavy (non-hydrogen) atoms. The molecule has 2 heterocycles. The fourth-order valence-electron chi connectivity index (χ4n) is 3.67. The Labute approximate surface area is 190 Å². The molecule has 7 heteroatoms. The van der Waals surface area contributed by atoms with Crippen LogP contribution in [0.1, 0.15) is 31.7 Å². The van der Waals surface area contributed by atoms with Gasteiger partial charge < -0.3 is 4.90 Å². The minimum atomic E-state index is -0.0896. The predicted molar refractivity (Wildman–Crippen MR) is 129 cm³/mol. The van der Waals surface area contributed by atoms with Crippen molar-refractivity contribution in [1.82, 2.24) is 9.55 Å². The number of amides is 1. The zero-order valence-electron chi connectivity index (χ0n) is 16.1. The monoisotopic (exact) mass is 563 g/mol. The van der Waals surface area contributed by atoms with Crippen molar-refractivity contribution in [3.63, 3.8) is 0 Å². The Morgan fingerprint density at radius 3 is 2.66 bits per heavy atom. The van der Waals surface area contributed by atoms with E-state index in [0.29, 0.717) is 35.4 Å². The van der Waals surface area contributed by atoms with Crippen LogP contribution in [0.5, 0.6) is 0 Å². The molecule has 0 fully saturated rings. The Balaban J connectivity index is 1.96. The quantitative estimate of drug-likeness (QED) is 0.328. The number of nitrogens with zero attached hydrogens (tertiary/aromatic N) is 3. The Bertz CT molecular complexity index is 1230. The summed E-state index contributed by atoms with van der Waals surface area (Å²) in [4.78, 5) is 32.7. The lowest BCUT2D eigenvalue weighted by Gasteiger charge is -2.15. The van der Waals surface area contributed by atoms with Crippen molar-refractivity contribution in [2.75, 3.05) is 11.4 Å². The van der Waals surface area contributed by atoms with Crippen LogP contribution in [-0.2, 0) is 11.3 Å². The lowest BCUT2D eigenvalue weighted by atomic mass is 10.1. The topological polar surface area (TPSA) is 55.2 Å². The Hall–Kier alpha value is -2.00. The number of benzene rings is 2. The van der Waals surface area contributed by atoms with Crippen LogP contribution >= 0.6 is 38.5 Å². The lowest BCUT2D eigenvalue weighted by Crippen LogP contribution is -2.27. The van der Waals surface area contributed by atoms with Crippen LogP contribution in [0, 0.1) is 3.57 Å². The molecule has 1 amide bonds. The van der Waals surface area contributed by atoms with Crippen LogP contribution in [0.25, 0.3) is 22.6 Å². The maximum atomic E-state index is 13.2. The molecule has 0 N–H and O–H groups in total. The van der Waals surface area contributed by atoms with E-state index in [2.05, 4.69) is 45.4 Å². The molecule has 2 aromatic carbocycles. The fourth-order valence-corrected chi connectivity index (χ4v) is 4.52. The second-order valence-corrected chi connectivity index (χ2v) is 9.02. The summed E-state index contributed by atoms with van der Waals surface area (Å²) < 4.78 is 3.52. The van der Waals surface area contributed by atoms with E-state index in [1.807, 2.05) is 43.3 Å². The van der Waals surface area contributed by atoms with Crippen molar-refractivity contribution in [3.8, 4) is 0 Å². The summed E-state index contributed by atoms with van der Waals surface area (Å²) in [6.07, 6.45) is 2.62. The maximum absolute atomic E-state index is 13.2. The number of aromatic nitrogens is 2. The summed E-state index contributed by atoms with van der Waals surface area (Å²) in [6, 6.07) is 11.5. The summed E-state index contributed by atoms with van der Waals surface area (Å²) >= 11 is 5.70. The summed E-state index contributed by atoms with van der Waals surface area (Å²) in [7, 11) is 0. The number of hydrogen-bond donors (Lipinski definition) is 0. The third-order valence-electron chi connectivity index (χ3n) is 5.00. The third kappa shape index (κ3) is 3.54. The van der Waals surface area contributed by atoms with Crippen LogP contribution in [0.4, 0.5) is 5.69 Å². The first-order valence-electron chi connectivity index (χ1n) is 9.48. The molecule has 0 bridgehead atoms. The van der Waals surface area contributed by atoms with Crippen molar-refractivity contribution < 1.29 is 4.79 Å². The SMILES string of the molecule is CCCN1C(=O)C(=Cc2nc3ccc(I)cc3c(=O)n2CC)c2cc(Br)ccc21. The molecule has 0 spiro atoms. The minimum absolute atomic E-state index is 0.0560. The highest BCUT2D eigenvalue weighted by molar-refractivity contribution is 14.1. The number of rotatable bonds is 4. The fraction of sp³-hybridized carbons (Fsp3) is 0.227. The minimum Gasteiger partial charge on any atom is -0.308 e. The van der Waals surface area contributed by atoms with E-state index in [1.54, 1.807) is 15.5 Å². The largest absolute Gasteiger partial charge is 0.308 e. The van der Waals surface area contributed by atoms with Gasteiger partial charge in [0.15, 0.2) is 0 Å². The van der Waals surface area contributed by atoms with Gasteiger partial charge >= 0.3 is 0 Å². The normalized spacial score (nSPS) is 14.8. The second-order valence-electron chi connectivity index (χ2n) is 6.86. The number of fused-ring (bicyclic) bond motifs is 2. The number of halogens is 2. The van der Waals surface area contributed by atoms with Crippen molar-refractivity contribution in [3.05, 3.63) is 66.2 Å². The molecule has 1 aliphatic heterocycles. The highest BCUT2D eigenvalue weighted by Crippen LogP contribution is 2.39. The Morgan fingerprint density at radius 1 is 1.14 bits per heavy atom. The molecule has 148 valence electrons. The summed E-state index contributed by atoms with van der Waals surface area (Å²) in [5.41, 5.74) is 2.86. The molecule has 0 radical (unpaired) electrons. The predicted octanol–water partition coefficient (Wildman–Crippen LogP) is 5.08. The van der Waals surface area contributed by atoms with Gasteiger partial charge in [0.1, 0.15) is 5.82 Å². The molecular weight excluding hydrogens is 545 g/mol. The van der Waals surface area contributed by atoms with Crippen LogP contribution in [0.15, 0.2) is 45.7 Å². The number of hydrogen-bond acceptors (Lipinski definition) is 3. The average Bonchev–Trinajstić information content (AvgIpc) is 2.94. The van der Waals surface area contributed by atoms with Gasteiger partial charge in [0, 0.05) is 26.7 Å². The van der Waals surface area contributed by atoms with E-state index in [9.17, 15) is 9.59 Å². The third-order valence-corrected chi connectivity index (χ3v) is 6.16. The molecule has 0 saturated heterocycles. The standard InChI is InChI=1S/C22H19BrIN3O2/c1-3-9-27-19-8-5-13(23)10-15(19)16(21(27)28)12-20-25-18-7-6-14(24)11-17(18)22(29)26(20)4-2/h5-8,10-12H,3-4,9H2,1-2H3. The van der Waals surface area contributed by atoms with Gasteiger partial charge in [-0.05, 0) is 78.4 Å². The number of carbonyl (C=O) groups is 1. The van der Waals surface area contributed by atoms with Crippen molar-refractivity contribution >= 4 is 72.7 Å². The highest BCUT2D eigenvalue weighted by Gasteiger charge is 2.32. The zero-order chi connectivity index (χ0) is 20.7. The van der Waals surface area contributed by atoms with E-state index >= 15 is 0 Å². The van der Waals surface area contributed by atoms with Crippen LogP contribution in [0.2, 0.25) is 0 Å². The van der Waals surface area contributed by atoms with Gasteiger partial charge in [-0.1, -0.05) is 22.9 Å². The van der Waals surface area contributed by atoms with Gasteiger partial charge in [-0.15, -0.1) is 0 Å². The van der Waals surface area contributed by atoms with E-state index in [0.717, 1.165) is 25.7 Å². The first kappa shape index (κ1) is 20.3. The van der Waals surface area contributed by atoms with E-state index in [4.69, 9.17) is 4.98 Å². The van der Waals surface area contributed by atoms with Gasteiger partial charge in [-0.25, -0.2) is 4.98 Å².